The van der Waals surface area contributed by atoms with Crippen LogP contribution in [-0.2, 0) is 0 Å². The Bertz CT molecular complexity index is 320. The maximum absolute atomic E-state index is 2.50. The van der Waals surface area contributed by atoms with Crippen LogP contribution in [0.3, 0.4) is 0 Å². The standard InChI is InChI=1S/C32H66/c1-5-7-9-11-13-14-15-16-17-18-19-21-23-25-28-32(4)30-26-29-31(3)27-24-22-20-12-10-8-6-2/h31-32H,5-30H2,1-4H3/t31-,32+/m1/s1. The van der Waals surface area contributed by atoms with Gasteiger partial charge in [0, 0.05) is 0 Å². The number of hydrogen-bond acceptors (Lipinski definition) is 0. The second-order valence-corrected chi connectivity index (χ2v) is 11.4. The van der Waals surface area contributed by atoms with Crippen LogP contribution < -0.4 is 0 Å². The average Bonchev–Trinajstić information content (AvgIpc) is 2.78. The van der Waals surface area contributed by atoms with Gasteiger partial charge in [-0.25, -0.2) is 0 Å². The summed E-state index contributed by atoms with van der Waals surface area (Å²) in [6, 6.07) is 0. The molecular weight excluding hydrogens is 384 g/mol. The van der Waals surface area contributed by atoms with Gasteiger partial charge >= 0.3 is 0 Å². The Morgan fingerprint density at radius 1 is 0.281 bits per heavy atom. The van der Waals surface area contributed by atoms with E-state index in [2.05, 4.69) is 27.7 Å². The van der Waals surface area contributed by atoms with Gasteiger partial charge in [-0.3, -0.25) is 0 Å². The fraction of sp³-hybridized carbons (Fsp3) is 1.00. The summed E-state index contributed by atoms with van der Waals surface area (Å²) in [6.45, 7) is 9.61. The lowest BCUT2D eigenvalue weighted by molar-refractivity contribution is 0.390. The number of hydrogen-bond donors (Lipinski definition) is 0. The van der Waals surface area contributed by atoms with Crippen molar-refractivity contribution in [3.63, 3.8) is 0 Å². The molecule has 0 bridgehead atoms. The SMILES string of the molecule is CCCCCCCCCCCCCCCC[C@H](C)CCC[C@H](C)CCCCCCCCC. The van der Waals surface area contributed by atoms with Crippen molar-refractivity contribution in [1.82, 2.24) is 0 Å². The van der Waals surface area contributed by atoms with Gasteiger partial charge in [0.05, 0.1) is 0 Å². The van der Waals surface area contributed by atoms with E-state index in [0.29, 0.717) is 0 Å². The molecule has 0 aliphatic heterocycles. The first-order valence-electron chi connectivity index (χ1n) is 15.7. The molecule has 0 radical (unpaired) electrons. The second-order valence-electron chi connectivity index (χ2n) is 11.4. The molecular formula is C32H66. The molecule has 0 aromatic carbocycles. The normalized spacial score (nSPS) is 13.5. The van der Waals surface area contributed by atoms with E-state index in [-0.39, 0.29) is 0 Å². The highest BCUT2D eigenvalue weighted by molar-refractivity contribution is 4.59. The van der Waals surface area contributed by atoms with Gasteiger partial charge in [0.15, 0.2) is 0 Å². The molecule has 0 heterocycles. The van der Waals surface area contributed by atoms with Gasteiger partial charge in [-0.15, -0.1) is 0 Å². The van der Waals surface area contributed by atoms with Crippen molar-refractivity contribution in [2.24, 2.45) is 11.8 Å². The van der Waals surface area contributed by atoms with Crippen molar-refractivity contribution >= 4 is 0 Å². The molecule has 0 heteroatoms. The molecule has 0 spiro atoms. The average molecular weight is 451 g/mol. The summed E-state index contributed by atoms with van der Waals surface area (Å²) in [5.74, 6) is 1.91. The summed E-state index contributed by atoms with van der Waals surface area (Å²) >= 11 is 0. The minimum Gasteiger partial charge on any atom is -0.0654 e. The number of unbranched alkanes of at least 4 members (excludes halogenated alkanes) is 19. The van der Waals surface area contributed by atoms with Crippen molar-refractivity contribution in [2.75, 3.05) is 0 Å². The van der Waals surface area contributed by atoms with Gasteiger partial charge in [-0.05, 0) is 11.8 Å². The van der Waals surface area contributed by atoms with Crippen molar-refractivity contribution < 1.29 is 0 Å². The van der Waals surface area contributed by atoms with Crippen LogP contribution in [0.4, 0.5) is 0 Å². The Hall–Kier alpha value is 0. The highest BCUT2D eigenvalue weighted by atomic mass is 14.1. The molecule has 0 saturated carbocycles. The largest absolute Gasteiger partial charge is 0.0654 e. The summed E-state index contributed by atoms with van der Waals surface area (Å²) in [6.07, 6.45) is 38.1. The van der Waals surface area contributed by atoms with Crippen molar-refractivity contribution in [2.45, 2.75) is 195 Å². The van der Waals surface area contributed by atoms with Crippen LogP contribution in [-0.4, -0.2) is 0 Å². The van der Waals surface area contributed by atoms with Gasteiger partial charge in [0.1, 0.15) is 0 Å². The van der Waals surface area contributed by atoms with Crippen LogP contribution >= 0.6 is 0 Å². The molecule has 0 aliphatic carbocycles. The molecule has 0 fully saturated rings. The van der Waals surface area contributed by atoms with Crippen LogP contribution in [0.1, 0.15) is 195 Å². The molecule has 0 rings (SSSR count). The quantitative estimate of drug-likeness (QED) is 0.109. The van der Waals surface area contributed by atoms with Gasteiger partial charge < -0.3 is 0 Å². The van der Waals surface area contributed by atoms with Crippen molar-refractivity contribution in [3.05, 3.63) is 0 Å². The molecule has 0 aromatic heterocycles. The predicted octanol–water partition coefficient (Wildman–Crippen LogP) is 12.4. The highest BCUT2D eigenvalue weighted by Gasteiger charge is 2.06. The number of rotatable bonds is 27. The first-order valence-corrected chi connectivity index (χ1v) is 15.7. The molecule has 2 atom stereocenters. The van der Waals surface area contributed by atoms with E-state index >= 15 is 0 Å². The van der Waals surface area contributed by atoms with E-state index in [1.54, 1.807) is 0 Å². The lowest BCUT2D eigenvalue weighted by Crippen LogP contribution is -1.99. The van der Waals surface area contributed by atoms with Crippen molar-refractivity contribution in [1.29, 1.82) is 0 Å². The first kappa shape index (κ1) is 32.0. The maximum atomic E-state index is 2.50. The first-order chi connectivity index (χ1) is 15.7. The molecule has 0 nitrogen and oxygen atoms in total. The van der Waals surface area contributed by atoms with E-state index in [9.17, 15) is 0 Å². The van der Waals surface area contributed by atoms with Crippen LogP contribution in [0.25, 0.3) is 0 Å². The Balaban J connectivity index is 3.25. The lowest BCUT2D eigenvalue weighted by Gasteiger charge is -2.14. The zero-order valence-electron chi connectivity index (χ0n) is 23.5. The third-order valence-electron chi connectivity index (χ3n) is 7.74. The predicted molar refractivity (Wildman–Crippen MR) is 150 cm³/mol. The van der Waals surface area contributed by atoms with Crippen LogP contribution in [0, 0.1) is 11.8 Å². The Morgan fingerprint density at radius 3 is 0.781 bits per heavy atom. The van der Waals surface area contributed by atoms with Crippen molar-refractivity contribution in [3.8, 4) is 0 Å². The van der Waals surface area contributed by atoms with Gasteiger partial charge in [0.2, 0.25) is 0 Å². The van der Waals surface area contributed by atoms with E-state index in [0.717, 1.165) is 11.8 Å². The second kappa shape index (κ2) is 27.2. The van der Waals surface area contributed by atoms with E-state index < -0.39 is 0 Å². The fourth-order valence-corrected chi connectivity index (χ4v) is 5.24. The van der Waals surface area contributed by atoms with E-state index in [1.165, 1.54) is 167 Å². The van der Waals surface area contributed by atoms with Gasteiger partial charge in [0.25, 0.3) is 0 Å². The molecule has 194 valence electrons. The topological polar surface area (TPSA) is 0 Å². The summed E-state index contributed by atoms with van der Waals surface area (Å²) < 4.78 is 0. The monoisotopic (exact) mass is 451 g/mol. The molecule has 0 aliphatic rings. The van der Waals surface area contributed by atoms with Gasteiger partial charge in [-0.1, -0.05) is 195 Å². The molecule has 0 N–H and O–H groups in total. The van der Waals surface area contributed by atoms with Gasteiger partial charge in [-0.2, -0.15) is 0 Å². The summed E-state index contributed by atoms with van der Waals surface area (Å²) in [4.78, 5) is 0. The van der Waals surface area contributed by atoms with Crippen LogP contribution in [0.15, 0.2) is 0 Å². The Labute approximate surface area is 206 Å². The third kappa shape index (κ3) is 26.3. The Kier molecular flexibility index (Phi) is 27.2. The summed E-state index contributed by atoms with van der Waals surface area (Å²) in [5, 5.41) is 0. The van der Waals surface area contributed by atoms with E-state index in [4.69, 9.17) is 0 Å². The maximum Gasteiger partial charge on any atom is -0.0443 e. The molecule has 0 saturated heterocycles. The lowest BCUT2D eigenvalue weighted by atomic mass is 9.92. The molecule has 0 aromatic rings. The van der Waals surface area contributed by atoms with Crippen LogP contribution in [0.5, 0.6) is 0 Å². The smallest absolute Gasteiger partial charge is 0.0443 e. The minimum absolute atomic E-state index is 0.957. The summed E-state index contributed by atoms with van der Waals surface area (Å²) in [7, 11) is 0. The molecule has 32 heavy (non-hydrogen) atoms. The molecule has 0 amide bonds. The third-order valence-corrected chi connectivity index (χ3v) is 7.74. The van der Waals surface area contributed by atoms with Crippen LogP contribution in [0.2, 0.25) is 0 Å². The minimum atomic E-state index is 0.957. The van der Waals surface area contributed by atoms with E-state index in [1.807, 2.05) is 0 Å². The fourth-order valence-electron chi connectivity index (χ4n) is 5.24. The summed E-state index contributed by atoms with van der Waals surface area (Å²) in [5.41, 5.74) is 0. The zero-order valence-corrected chi connectivity index (χ0v) is 23.5. The zero-order chi connectivity index (χ0) is 23.5. The highest BCUT2D eigenvalue weighted by Crippen LogP contribution is 2.22. The molecule has 0 unspecified atom stereocenters. The Morgan fingerprint density at radius 2 is 0.500 bits per heavy atom.